The molecule has 0 aromatic heterocycles. The van der Waals surface area contributed by atoms with Crippen LogP contribution in [0.15, 0.2) is 34.6 Å². The van der Waals surface area contributed by atoms with E-state index in [0.717, 1.165) is 43.6 Å². The first-order valence-electron chi connectivity index (χ1n) is 13.6. The van der Waals surface area contributed by atoms with Crippen molar-refractivity contribution in [2.45, 2.75) is 51.0 Å². The van der Waals surface area contributed by atoms with Gasteiger partial charge in [0.25, 0.3) is 6.43 Å². The number of amidine groups is 1. The third-order valence-corrected chi connectivity index (χ3v) is 7.60. The highest BCUT2D eigenvalue weighted by Gasteiger charge is 2.32. The molecule has 3 aliphatic heterocycles. The van der Waals surface area contributed by atoms with Gasteiger partial charge in [-0.05, 0) is 55.4 Å². The monoisotopic (exact) mass is 543 g/mol. The average Bonchev–Trinajstić information content (AvgIpc) is 3.23. The lowest BCUT2D eigenvalue weighted by Gasteiger charge is -2.38. The molecule has 1 atom stereocenters. The number of aliphatic imine (C=N–C) groups is 1. The number of anilines is 1. The number of amides is 2. The molecular formula is C28H39F2N7O2. The second kappa shape index (κ2) is 13.1. The summed E-state index contributed by atoms with van der Waals surface area (Å²) in [5, 5.41) is 15.7. The van der Waals surface area contributed by atoms with Crippen LogP contribution in [0.2, 0.25) is 0 Å². The number of benzene rings is 1. The van der Waals surface area contributed by atoms with Crippen LogP contribution in [-0.2, 0) is 11.2 Å². The average molecular weight is 544 g/mol. The minimum absolute atomic E-state index is 0.147. The van der Waals surface area contributed by atoms with Crippen LogP contribution in [0, 0.1) is 5.41 Å². The van der Waals surface area contributed by atoms with Crippen molar-refractivity contribution in [1.82, 2.24) is 15.5 Å². The number of hydrogen-bond donors (Lipinski definition) is 4. The molecule has 0 saturated carbocycles. The van der Waals surface area contributed by atoms with Crippen LogP contribution in [0.4, 0.5) is 19.3 Å². The zero-order valence-electron chi connectivity index (χ0n) is 22.7. The summed E-state index contributed by atoms with van der Waals surface area (Å²) in [6.45, 7) is 2.75. The molecule has 1 aromatic rings. The van der Waals surface area contributed by atoms with Gasteiger partial charge in [-0.1, -0.05) is 0 Å². The maximum Gasteiger partial charge on any atom is 0.317 e. The lowest BCUT2D eigenvalue weighted by molar-refractivity contribution is 0.143. The minimum atomic E-state index is -2.73. The van der Waals surface area contributed by atoms with Gasteiger partial charge in [0, 0.05) is 93.4 Å². The van der Waals surface area contributed by atoms with Gasteiger partial charge in [-0.3, -0.25) is 10.4 Å². The van der Waals surface area contributed by atoms with E-state index in [1.54, 1.807) is 25.1 Å². The number of fused-ring (bicyclic) bond motifs is 1. The van der Waals surface area contributed by atoms with Crippen LogP contribution < -0.4 is 21.3 Å². The van der Waals surface area contributed by atoms with Gasteiger partial charge in [0.15, 0.2) is 0 Å². The largest absolute Gasteiger partial charge is 0.404 e. The molecule has 3 heterocycles. The molecule has 1 fully saturated rings. The summed E-state index contributed by atoms with van der Waals surface area (Å²) >= 11 is 0. The first kappa shape index (κ1) is 28.5. The highest BCUT2D eigenvalue weighted by molar-refractivity contribution is 6.12. The quantitative estimate of drug-likeness (QED) is 0.321. The van der Waals surface area contributed by atoms with Gasteiger partial charge in [0.2, 0.25) is 0 Å². The third kappa shape index (κ3) is 6.41. The smallest absolute Gasteiger partial charge is 0.317 e. The highest BCUT2D eigenvalue weighted by Crippen LogP contribution is 2.38. The van der Waals surface area contributed by atoms with Gasteiger partial charge in [0.05, 0.1) is 6.54 Å². The molecule has 2 amide bonds. The highest BCUT2D eigenvalue weighted by atomic mass is 19.3. The topological polar surface area (TPSA) is 119 Å². The number of alkyl halides is 2. The van der Waals surface area contributed by atoms with Gasteiger partial charge in [-0.15, -0.1) is 0 Å². The molecule has 0 radical (unpaired) electrons. The van der Waals surface area contributed by atoms with Gasteiger partial charge < -0.3 is 30.9 Å². The van der Waals surface area contributed by atoms with Crippen LogP contribution >= 0.6 is 0 Å². The molecule has 1 unspecified atom stereocenters. The van der Waals surface area contributed by atoms with Crippen LogP contribution in [0.5, 0.6) is 0 Å². The fourth-order valence-electron chi connectivity index (χ4n) is 5.58. The van der Waals surface area contributed by atoms with Crippen molar-refractivity contribution in [3.63, 3.8) is 0 Å². The Bertz CT molecular complexity index is 1160. The lowest BCUT2D eigenvalue weighted by atomic mass is 9.91. The molecular weight excluding hydrogens is 504 g/mol. The molecule has 1 aromatic carbocycles. The third-order valence-electron chi connectivity index (χ3n) is 7.60. The summed E-state index contributed by atoms with van der Waals surface area (Å²) < 4.78 is 34.2. The van der Waals surface area contributed by atoms with Crippen LogP contribution in [0.3, 0.4) is 0 Å². The van der Waals surface area contributed by atoms with Crippen molar-refractivity contribution in [2.75, 3.05) is 51.8 Å². The number of carbonyl (C=O) groups is 1. The van der Waals surface area contributed by atoms with E-state index in [1.165, 1.54) is 18.5 Å². The molecule has 9 nitrogen and oxygen atoms in total. The van der Waals surface area contributed by atoms with Crippen molar-refractivity contribution in [1.29, 1.82) is 5.41 Å². The molecule has 39 heavy (non-hydrogen) atoms. The van der Waals surface area contributed by atoms with Gasteiger partial charge in [0.1, 0.15) is 5.84 Å². The number of hydrogen-bond acceptors (Lipinski definition) is 6. The summed E-state index contributed by atoms with van der Waals surface area (Å²) in [4.78, 5) is 20.0. The Kier molecular flexibility index (Phi) is 9.55. The van der Waals surface area contributed by atoms with E-state index in [4.69, 9.17) is 10.5 Å². The number of halogens is 2. The molecule has 4 rings (SSSR count). The Labute approximate surface area is 228 Å². The van der Waals surface area contributed by atoms with Crippen molar-refractivity contribution >= 4 is 29.3 Å². The predicted molar refractivity (Wildman–Crippen MR) is 151 cm³/mol. The van der Waals surface area contributed by atoms with E-state index < -0.39 is 6.43 Å². The summed E-state index contributed by atoms with van der Waals surface area (Å²) in [5.74, 6) is 0.231. The second-order valence-electron chi connectivity index (χ2n) is 10.1. The van der Waals surface area contributed by atoms with Gasteiger partial charge in [-0.25, -0.2) is 13.6 Å². The normalized spacial score (nSPS) is 20.7. The Morgan fingerprint density at radius 3 is 2.77 bits per heavy atom. The van der Waals surface area contributed by atoms with Crippen molar-refractivity contribution in [3.05, 3.63) is 46.3 Å². The molecule has 212 valence electrons. The zero-order valence-corrected chi connectivity index (χ0v) is 22.7. The summed E-state index contributed by atoms with van der Waals surface area (Å²) in [6.07, 6.45) is 4.90. The Balaban J connectivity index is 1.73. The first-order valence-corrected chi connectivity index (χ1v) is 13.6. The lowest BCUT2D eigenvalue weighted by Crippen LogP contribution is -2.48. The number of nitrogens with one attached hydrogen (secondary N) is 3. The van der Waals surface area contributed by atoms with Crippen molar-refractivity contribution in [3.8, 4) is 0 Å². The molecule has 1 saturated heterocycles. The number of urea groups is 1. The fraction of sp³-hybridized carbons (Fsp3) is 0.536. The zero-order chi connectivity index (χ0) is 27.9. The Morgan fingerprint density at radius 2 is 2.05 bits per heavy atom. The van der Waals surface area contributed by atoms with Crippen molar-refractivity contribution in [2.24, 2.45) is 10.7 Å². The van der Waals surface area contributed by atoms with E-state index in [2.05, 4.69) is 15.6 Å². The summed E-state index contributed by atoms with van der Waals surface area (Å²) in [5.41, 5.74) is 9.53. The predicted octanol–water partition coefficient (Wildman–Crippen LogP) is 3.81. The summed E-state index contributed by atoms with van der Waals surface area (Å²) in [6, 6.07) is 3.27. The number of rotatable bonds is 6. The molecule has 0 aliphatic carbocycles. The van der Waals surface area contributed by atoms with Gasteiger partial charge in [-0.2, -0.15) is 0 Å². The number of ether oxygens (including phenoxy) is 1. The van der Waals surface area contributed by atoms with Gasteiger partial charge >= 0.3 is 6.03 Å². The number of nitrogens with zero attached hydrogens (tertiary/aromatic N) is 3. The molecule has 11 heteroatoms. The summed E-state index contributed by atoms with van der Waals surface area (Å²) in [7, 11) is 3.16. The fourth-order valence-corrected chi connectivity index (χ4v) is 5.58. The van der Waals surface area contributed by atoms with Crippen molar-refractivity contribution < 1.29 is 18.3 Å². The maximum atomic E-state index is 14.3. The van der Waals surface area contributed by atoms with Crippen LogP contribution in [0.1, 0.15) is 55.2 Å². The van der Waals surface area contributed by atoms with E-state index in [9.17, 15) is 19.0 Å². The van der Waals surface area contributed by atoms with E-state index in [0.29, 0.717) is 54.9 Å². The van der Waals surface area contributed by atoms with Crippen LogP contribution in [-0.4, -0.2) is 76.0 Å². The second-order valence-corrected chi connectivity index (χ2v) is 10.1. The molecule has 0 spiro atoms. The van der Waals surface area contributed by atoms with E-state index >= 15 is 0 Å². The Hall–Kier alpha value is -3.47. The maximum absolute atomic E-state index is 14.3. The molecule has 3 aliphatic rings. The van der Waals surface area contributed by atoms with E-state index in [-0.39, 0.29) is 30.0 Å². The standard InChI is InChI=1S/C28H39F2N7O2/c1-33-16-19(15-31)21-13-18-5-3-9-37(25(18)14-22(21)26(29)30)27(32)23-17-36(28(38)34-2)10-7-24(23)35-20-6-4-11-39-12-8-20/h13-16,20,26,32,35H,3-12,17,31H2,1-2H3,(H,34,38). The molecule has 0 bridgehead atoms. The van der Waals surface area contributed by atoms with E-state index in [1.807, 2.05) is 4.90 Å². The first-order chi connectivity index (χ1) is 18.9. The number of allylic oxidation sites excluding steroid dienone is 1. The Morgan fingerprint density at radius 1 is 1.23 bits per heavy atom. The molecule has 5 N–H and O–H groups in total. The SMILES string of the molecule is CN=CC(=CN)c1cc2c(cc1C(F)F)N(C(=N)C1=C(NC3CCCOCC3)CCN(C(=O)NC)C1)CCC2. The number of carbonyl (C=O) groups excluding carboxylic acids is 1. The van der Waals surface area contributed by atoms with Crippen LogP contribution in [0.25, 0.3) is 5.57 Å². The minimum Gasteiger partial charge on any atom is -0.404 e. The number of aryl methyl sites for hydroxylation is 1. The number of nitrogens with two attached hydrogens (primary N) is 1.